The fourth-order valence-electron chi connectivity index (χ4n) is 1.57. The van der Waals surface area contributed by atoms with Crippen LogP contribution in [-0.4, -0.2) is 12.6 Å². The van der Waals surface area contributed by atoms with Gasteiger partial charge in [0.05, 0.1) is 12.7 Å². The summed E-state index contributed by atoms with van der Waals surface area (Å²) in [6, 6.07) is 2.13. The van der Waals surface area contributed by atoms with E-state index < -0.39 is 5.41 Å². The van der Waals surface area contributed by atoms with Crippen molar-refractivity contribution < 1.29 is 9.53 Å². The molecule has 0 aromatic carbocycles. The maximum atomic E-state index is 11.8. The van der Waals surface area contributed by atoms with Gasteiger partial charge in [-0.2, -0.15) is 5.26 Å². The van der Waals surface area contributed by atoms with Gasteiger partial charge in [-0.3, -0.25) is 4.79 Å². The Morgan fingerprint density at radius 3 is 2.40 bits per heavy atom. The fraction of sp³-hybridized carbons (Fsp3) is 0.833. The van der Waals surface area contributed by atoms with Gasteiger partial charge < -0.3 is 4.74 Å². The minimum Gasteiger partial charge on any atom is -0.465 e. The summed E-state index contributed by atoms with van der Waals surface area (Å²) >= 11 is 0. The number of carbonyl (C=O) groups excluding carboxylic acids is 1. The maximum Gasteiger partial charge on any atom is 0.326 e. The lowest BCUT2D eigenvalue weighted by Crippen LogP contribution is -2.32. The van der Waals surface area contributed by atoms with Crippen molar-refractivity contribution in [2.75, 3.05) is 6.61 Å². The second kappa shape index (κ2) is 6.44. The van der Waals surface area contributed by atoms with Crippen LogP contribution in [-0.2, 0) is 9.53 Å². The molecule has 0 radical (unpaired) electrons. The first-order chi connectivity index (χ1) is 7.02. The third kappa shape index (κ3) is 3.91. The molecule has 0 fully saturated rings. The Kier molecular flexibility index (Phi) is 6.00. The summed E-state index contributed by atoms with van der Waals surface area (Å²) in [6.45, 7) is 8.22. The molecule has 3 heteroatoms. The lowest BCUT2D eigenvalue weighted by Gasteiger charge is -2.24. The highest BCUT2D eigenvalue weighted by molar-refractivity contribution is 5.79. The summed E-state index contributed by atoms with van der Waals surface area (Å²) in [5.41, 5.74) is -0.941. The first-order valence-electron chi connectivity index (χ1n) is 5.60. The zero-order valence-corrected chi connectivity index (χ0v) is 10.2. The predicted octanol–water partition coefficient (Wildman–Crippen LogP) is 2.91. The first kappa shape index (κ1) is 14.0. The van der Waals surface area contributed by atoms with Crippen LogP contribution in [0.3, 0.4) is 0 Å². The SMILES string of the molecule is CCCOC(=O)C(C#N)(CC)CC(C)C. The Morgan fingerprint density at radius 2 is 2.07 bits per heavy atom. The highest BCUT2D eigenvalue weighted by Gasteiger charge is 2.39. The first-order valence-corrected chi connectivity index (χ1v) is 5.60. The summed E-state index contributed by atoms with van der Waals surface area (Å²) in [5, 5.41) is 9.14. The van der Waals surface area contributed by atoms with Crippen LogP contribution in [0, 0.1) is 22.7 Å². The monoisotopic (exact) mass is 211 g/mol. The van der Waals surface area contributed by atoms with Crippen molar-refractivity contribution in [1.82, 2.24) is 0 Å². The molecule has 0 saturated heterocycles. The molecule has 0 aliphatic rings. The van der Waals surface area contributed by atoms with E-state index in [1.54, 1.807) is 0 Å². The van der Waals surface area contributed by atoms with E-state index in [4.69, 9.17) is 10.00 Å². The molecule has 86 valence electrons. The van der Waals surface area contributed by atoms with E-state index in [-0.39, 0.29) is 5.97 Å². The smallest absolute Gasteiger partial charge is 0.326 e. The van der Waals surface area contributed by atoms with Crippen LogP contribution >= 0.6 is 0 Å². The Labute approximate surface area is 92.4 Å². The molecular formula is C12H21NO2. The molecule has 0 saturated carbocycles. The van der Waals surface area contributed by atoms with Gasteiger partial charge in [-0.15, -0.1) is 0 Å². The molecule has 0 spiro atoms. The van der Waals surface area contributed by atoms with E-state index in [0.29, 0.717) is 25.4 Å². The molecule has 0 heterocycles. The van der Waals surface area contributed by atoms with Crippen molar-refractivity contribution in [2.24, 2.45) is 11.3 Å². The van der Waals surface area contributed by atoms with Crippen molar-refractivity contribution >= 4 is 5.97 Å². The standard InChI is InChI=1S/C12H21NO2/c1-5-7-15-11(14)12(6-2,9-13)8-10(3)4/h10H,5-8H2,1-4H3. The number of esters is 1. The Bertz CT molecular complexity index is 242. The van der Waals surface area contributed by atoms with Crippen LogP contribution < -0.4 is 0 Å². The number of hydrogen-bond donors (Lipinski definition) is 0. The highest BCUT2D eigenvalue weighted by Crippen LogP contribution is 2.31. The van der Waals surface area contributed by atoms with Crippen molar-refractivity contribution in [2.45, 2.75) is 47.0 Å². The number of nitriles is 1. The van der Waals surface area contributed by atoms with Crippen molar-refractivity contribution in [3.63, 3.8) is 0 Å². The second-order valence-corrected chi connectivity index (χ2v) is 4.28. The van der Waals surface area contributed by atoms with E-state index in [2.05, 4.69) is 6.07 Å². The van der Waals surface area contributed by atoms with Gasteiger partial charge in [-0.25, -0.2) is 0 Å². The largest absolute Gasteiger partial charge is 0.465 e. The predicted molar refractivity (Wildman–Crippen MR) is 59.0 cm³/mol. The van der Waals surface area contributed by atoms with E-state index in [1.807, 2.05) is 27.7 Å². The molecule has 1 atom stereocenters. The van der Waals surface area contributed by atoms with Crippen LogP contribution in [0.25, 0.3) is 0 Å². The van der Waals surface area contributed by atoms with E-state index in [0.717, 1.165) is 6.42 Å². The fourth-order valence-corrected chi connectivity index (χ4v) is 1.57. The normalized spacial score (nSPS) is 14.4. The number of rotatable bonds is 6. The summed E-state index contributed by atoms with van der Waals surface area (Å²) in [7, 11) is 0. The molecule has 0 aromatic heterocycles. The number of nitrogens with zero attached hydrogens (tertiary/aromatic N) is 1. The van der Waals surface area contributed by atoms with Crippen LogP contribution in [0.15, 0.2) is 0 Å². The molecule has 0 bridgehead atoms. The minimum absolute atomic E-state index is 0.318. The van der Waals surface area contributed by atoms with Crippen molar-refractivity contribution in [1.29, 1.82) is 5.26 Å². The minimum atomic E-state index is -0.941. The summed E-state index contributed by atoms with van der Waals surface area (Å²) in [5.74, 6) is -0.0400. The maximum absolute atomic E-state index is 11.8. The average Bonchev–Trinajstić information content (AvgIpc) is 2.22. The molecule has 0 aliphatic carbocycles. The summed E-state index contributed by atoms with van der Waals surface area (Å²) < 4.78 is 5.08. The third-order valence-electron chi connectivity index (χ3n) is 2.40. The molecule has 15 heavy (non-hydrogen) atoms. The topological polar surface area (TPSA) is 50.1 Å². The van der Waals surface area contributed by atoms with Crippen LogP contribution in [0.1, 0.15) is 47.0 Å². The van der Waals surface area contributed by atoms with Crippen molar-refractivity contribution in [3.8, 4) is 6.07 Å². The molecular weight excluding hydrogens is 190 g/mol. The summed E-state index contributed by atoms with van der Waals surface area (Å²) in [6.07, 6.45) is 1.88. The Morgan fingerprint density at radius 1 is 1.47 bits per heavy atom. The van der Waals surface area contributed by atoms with E-state index in [1.165, 1.54) is 0 Å². The lowest BCUT2D eigenvalue weighted by molar-refractivity contribution is -0.153. The van der Waals surface area contributed by atoms with Gasteiger partial charge in [-0.1, -0.05) is 27.7 Å². The van der Waals surface area contributed by atoms with Gasteiger partial charge in [-0.05, 0) is 25.2 Å². The number of ether oxygens (including phenoxy) is 1. The van der Waals surface area contributed by atoms with E-state index >= 15 is 0 Å². The van der Waals surface area contributed by atoms with Crippen LogP contribution in [0.2, 0.25) is 0 Å². The molecule has 0 aromatic rings. The van der Waals surface area contributed by atoms with Gasteiger partial charge in [0, 0.05) is 0 Å². The van der Waals surface area contributed by atoms with E-state index in [9.17, 15) is 4.79 Å². The molecule has 3 nitrogen and oxygen atoms in total. The van der Waals surface area contributed by atoms with Gasteiger partial charge in [0.2, 0.25) is 0 Å². The molecule has 0 rings (SSSR count). The molecule has 0 N–H and O–H groups in total. The molecule has 0 amide bonds. The number of hydrogen-bond acceptors (Lipinski definition) is 3. The van der Waals surface area contributed by atoms with Crippen molar-refractivity contribution in [3.05, 3.63) is 0 Å². The quantitative estimate of drug-likeness (QED) is 0.635. The lowest BCUT2D eigenvalue weighted by atomic mass is 9.79. The van der Waals surface area contributed by atoms with Crippen LogP contribution in [0.5, 0.6) is 0 Å². The zero-order valence-electron chi connectivity index (χ0n) is 10.2. The third-order valence-corrected chi connectivity index (χ3v) is 2.40. The highest BCUT2D eigenvalue weighted by atomic mass is 16.5. The van der Waals surface area contributed by atoms with Gasteiger partial charge >= 0.3 is 5.97 Å². The zero-order chi connectivity index (χ0) is 11.9. The number of carbonyl (C=O) groups is 1. The summed E-state index contributed by atoms with van der Waals surface area (Å²) in [4.78, 5) is 11.8. The van der Waals surface area contributed by atoms with Gasteiger partial charge in [0.25, 0.3) is 0 Å². The van der Waals surface area contributed by atoms with Gasteiger partial charge in [0.15, 0.2) is 5.41 Å². The Balaban J connectivity index is 4.62. The van der Waals surface area contributed by atoms with Gasteiger partial charge in [0.1, 0.15) is 0 Å². The second-order valence-electron chi connectivity index (χ2n) is 4.28. The average molecular weight is 211 g/mol. The molecule has 1 unspecified atom stereocenters. The van der Waals surface area contributed by atoms with Crippen LogP contribution in [0.4, 0.5) is 0 Å². The Hall–Kier alpha value is -1.04. The molecule has 0 aliphatic heterocycles.